The summed E-state index contributed by atoms with van der Waals surface area (Å²) in [4.78, 5) is 22.3. The van der Waals surface area contributed by atoms with Gasteiger partial charge in [0.1, 0.15) is 0 Å². The van der Waals surface area contributed by atoms with Crippen LogP contribution in [0.3, 0.4) is 0 Å². The largest absolute Gasteiger partial charge is 0.363 e. The average molecular weight is 358 g/mol. The number of aromatic nitrogens is 2. The molecule has 0 atom stereocenters. The van der Waals surface area contributed by atoms with E-state index < -0.39 is 5.91 Å². The zero-order valence-corrected chi connectivity index (χ0v) is 15.1. The first-order valence-corrected chi connectivity index (χ1v) is 9.17. The number of nitrogens with zero attached hydrogens (tertiary/aromatic N) is 3. The summed E-state index contributed by atoms with van der Waals surface area (Å²) in [6, 6.07) is 21.2. The lowest BCUT2D eigenvalue weighted by Gasteiger charge is -2.31. The molecule has 3 aromatic rings. The van der Waals surface area contributed by atoms with E-state index in [0.29, 0.717) is 6.54 Å². The van der Waals surface area contributed by atoms with Gasteiger partial charge in [-0.15, -0.1) is 0 Å². The van der Waals surface area contributed by atoms with Gasteiger partial charge in [-0.2, -0.15) is 0 Å². The summed E-state index contributed by atoms with van der Waals surface area (Å²) in [6.07, 6.45) is 2.62. The summed E-state index contributed by atoms with van der Waals surface area (Å²) in [5, 5.41) is 0. The SMILES string of the molecule is NC(=O)c1ncc2c(n1)CN(CC(c1ccccc1)c1ccccc1)CC2. The molecule has 0 saturated carbocycles. The number of amides is 1. The lowest BCUT2D eigenvalue weighted by Crippen LogP contribution is -2.35. The second-order valence-corrected chi connectivity index (χ2v) is 6.89. The molecule has 0 aliphatic carbocycles. The molecule has 136 valence electrons. The van der Waals surface area contributed by atoms with Crippen molar-refractivity contribution < 1.29 is 4.79 Å². The van der Waals surface area contributed by atoms with E-state index in [4.69, 9.17) is 5.73 Å². The number of carbonyl (C=O) groups excluding carboxylic acids is 1. The summed E-state index contributed by atoms with van der Waals surface area (Å²) in [6.45, 7) is 2.54. The van der Waals surface area contributed by atoms with E-state index in [2.05, 4.69) is 63.4 Å². The normalized spacial score (nSPS) is 14.1. The predicted molar refractivity (Wildman–Crippen MR) is 104 cm³/mol. The van der Waals surface area contributed by atoms with Crippen molar-refractivity contribution in [3.8, 4) is 0 Å². The monoisotopic (exact) mass is 358 g/mol. The number of primary amides is 1. The first kappa shape index (κ1) is 17.4. The van der Waals surface area contributed by atoms with Gasteiger partial charge in [0.05, 0.1) is 5.69 Å². The van der Waals surface area contributed by atoms with Crippen molar-refractivity contribution >= 4 is 5.91 Å². The Morgan fingerprint density at radius 1 is 1.04 bits per heavy atom. The van der Waals surface area contributed by atoms with Crippen LogP contribution in [0.4, 0.5) is 0 Å². The second-order valence-electron chi connectivity index (χ2n) is 6.89. The molecule has 1 amide bonds. The molecule has 0 radical (unpaired) electrons. The van der Waals surface area contributed by atoms with Crippen molar-refractivity contribution in [1.82, 2.24) is 14.9 Å². The summed E-state index contributed by atoms with van der Waals surface area (Å²) >= 11 is 0. The highest BCUT2D eigenvalue weighted by molar-refractivity contribution is 5.88. The molecule has 5 heteroatoms. The molecule has 0 fully saturated rings. The highest BCUT2D eigenvalue weighted by Gasteiger charge is 2.23. The zero-order chi connectivity index (χ0) is 18.6. The number of carbonyl (C=O) groups is 1. The molecule has 1 aromatic heterocycles. The maximum Gasteiger partial charge on any atom is 0.286 e. The van der Waals surface area contributed by atoms with E-state index in [1.807, 2.05) is 12.1 Å². The van der Waals surface area contributed by atoms with Gasteiger partial charge < -0.3 is 5.73 Å². The van der Waals surface area contributed by atoms with E-state index in [1.165, 1.54) is 11.1 Å². The number of nitrogens with two attached hydrogens (primary N) is 1. The fourth-order valence-corrected chi connectivity index (χ4v) is 3.66. The highest BCUT2D eigenvalue weighted by Crippen LogP contribution is 2.27. The summed E-state index contributed by atoms with van der Waals surface area (Å²) in [5.41, 5.74) is 9.95. The van der Waals surface area contributed by atoms with Crippen molar-refractivity contribution in [3.05, 3.63) is 95.1 Å². The van der Waals surface area contributed by atoms with E-state index in [1.54, 1.807) is 6.20 Å². The fourth-order valence-electron chi connectivity index (χ4n) is 3.66. The molecule has 1 aliphatic heterocycles. The fraction of sp³-hybridized carbons (Fsp3) is 0.227. The first-order valence-electron chi connectivity index (χ1n) is 9.17. The van der Waals surface area contributed by atoms with E-state index in [0.717, 1.165) is 30.8 Å². The van der Waals surface area contributed by atoms with Gasteiger partial charge in [-0.3, -0.25) is 9.69 Å². The van der Waals surface area contributed by atoms with Crippen molar-refractivity contribution in [2.45, 2.75) is 18.9 Å². The van der Waals surface area contributed by atoms with Gasteiger partial charge in [0.2, 0.25) is 5.82 Å². The minimum Gasteiger partial charge on any atom is -0.363 e. The van der Waals surface area contributed by atoms with E-state index in [-0.39, 0.29) is 11.7 Å². The van der Waals surface area contributed by atoms with Gasteiger partial charge in [-0.05, 0) is 23.1 Å². The number of hydrogen-bond donors (Lipinski definition) is 1. The molecule has 27 heavy (non-hydrogen) atoms. The van der Waals surface area contributed by atoms with Gasteiger partial charge in [-0.1, -0.05) is 60.7 Å². The minimum absolute atomic E-state index is 0.0956. The van der Waals surface area contributed by atoms with Crippen LogP contribution in [0.2, 0.25) is 0 Å². The molecule has 0 unspecified atom stereocenters. The molecular formula is C22H22N4O. The number of fused-ring (bicyclic) bond motifs is 1. The van der Waals surface area contributed by atoms with Crippen LogP contribution in [0.15, 0.2) is 66.9 Å². The van der Waals surface area contributed by atoms with Crippen LogP contribution in [0, 0.1) is 0 Å². The van der Waals surface area contributed by atoms with Crippen LogP contribution in [-0.2, 0) is 13.0 Å². The third kappa shape index (κ3) is 3.88. The van der Waals surface area contributed by atoms with Gasteiger partial charge >= 0.3 is 0 Å². The lowest BCUT2D eigenvalue weighted by molar-refractivity contribution is 0.0989. The Labute approximate surface area is 158 Å². The van der Waals surface area contributed by atoms with E-state index in [9.17, 15) is 4.79 Å². The molecule has 2 aromatic carbocycles. The molecule has 0 bridgehead atoms. The second kappa shape index (κ2) is 7.68. The number of rotatable bonds is 5. The van der Waals surface area contributed by atoms with Crippen LogP contribution in [-0.4, -0.2) is 33.9 Å². The van der Waals surface area contributed by atoms with Crippen LogP contribution >= 0.6 is 0 Å². The third-order valence-electron chi connectivity index (χ3n) is 5.09. The summed E-state index contributed by atoms with van der Waals surface area (Å²) in [5.74, 6) is -0.203. The standard InChI is InChI=1S/C22H22N4O/c23-21(27)22-24-13-18-11-12-26(15-20(18)25-22)14-19(16-7-3-1-4-8-16)17-9-5-2-6-10-17/h1-10,13,19H,11-12,14-15H2,(H2,23,27). The highest BCUT2D eigenvalue weighted by atomic mass is 16.1. The van der Waals surface area contributed by atoms with Crippen molar-refractivity contribution in [3.63, 3.8) is 0 Å². The lowest BCUT2D eigenvalue weighted by atomic mass is 9.90. The third-order valence-corrected chi connectivity index (χ3v) is 5.09. The quantitative estimate of drug-likeness (QED) is 0.761. The average Bonchev–Trinajstić information content (AvgIpc) is 2.72. The Kier molecular flexibility index (Phi) is 4.94. The molecule has 2 N–H and O–H groups in total. The number of benzene rings is 2. The summed E-state index contributed by atoms with van der Waals surface area (Å²) in [7, 11) is 0. The van der Waals surface area contributed by atoms with Gasteiger partial charge in [0.25, 0.3) is 5.91 Å². The van der Waals surface area contributed by atoms with Crippen LogP contribution in [0.1, 0.15) is 38.9 Å². The Balaban J connectivity index is 1.59. The molecule has 0 spiro atoms. The van der Waals surface area contributed by atoms with Gasteiger partial charge in [0.15, 0.2) is 0 Å². The van der Waals surface area contributed by atoms with Gasteiger partial charge in [-0.25, -0.2) is 9.97 Å². The van der Waals surface area contributed by atoms with E-state index >= 15 is 0 Å². The Hall–Kier alpha value is -3.05. The topological polar surface area (TPSA) is 72.1 Å². The smallest absolute Gasteiger partial charge is 0.286 e. The Morgan fingerprint density at radius 3 is 2.26 bits per heavy atom. The van der Waals surface area contributed by atoms with Crippen molar-refractivity contribution in [1.29, 1.82) is 0 Å². The minimum atomic E-state index is -0.582. The molecular weight excluding hydrogens is 336 g/mol. The molecule has 0 saturated heterocycles. The van der Waals surface area contributed by atoms with Crippen molar-refractivity contribution in [2.24, 2.45) is 5.73 Å². The van der Waals surface area contributed by atoms with Crippen LogP contribution in [0.5, 0.6) is 0 Å². The maximum absolute atomic E-state index is 11.4. The zero-order valence-electron chi connectivity index (χ0n) is 15.1. The Bertz CT molecular complexity index is 888. The molecule has 5 nitrogen and oxygen atoms in total. The predicted octanol–water partition coefficient (Wildman–Crippen LogP) is 2.77. The molecule has 4 rings (SSSR count). The molecule has 1 aliphatic rings. The van der Waals surface area contributed by atoms with Crippen LogP contribution in [0.25, 0.3) is 0 Å². The van der Waals surface area contributed by atoms with Crippen molar-refractivity contribution in [2.75, 3.05) is 13.1 Å². The van der Waals surface area contributed by atoms with Gasteiger partial charge in [0, 0.05) is 31.7 Å². The van der Waals surface area contributed by atoms with Crippen LogP contribution < -0.4 is 5.73 Å². The Morgan fingerprint density at radius 2 is 1.67 bits per heavy atom. The molecule has 2 heterocycles. The maximum atomic E-state index is 11.4. The summed E-state index contributed by atoms with van der Waals surface area (Å²) < 4.78 is 0. The number of hydrogen-bond acceptors (Lipinski definition) is 4. The first-order chi connectivity index (χ1) is 13.2.